The number of halogens is 1. The first-order valence-corrected chi connectivity index (χ1v) is 9.17. The summed E-state index contributed by atoms with van der Waals surface area (Å²) in [6, 6.07) is 13.3. The van der Waals surface area contributed by atoms with Gasteiger partial charge < -0.3 is 10.4 Å². The molecule has 1 aliphatic rings. The molecule has 0 aliphatic carbocycles. The monoisotopic (exact) mass is 397 g/mol. The number of rotatable bonds is 2. The van der Waals surface area contributed by atoms with Gasteiger partial charge in [-0.1, -0.05) is 30.3 Å². The third-order valence-electron chi connectivity index (χ3n) is 4.12. The van der Waals surface area contributed by atoms with Gasteiger partial charge in [-0.05, 0) is 41.8 Å². The number of benzene rings is 2. The number of hydrogen-bond donors (Lipinski definition) is 2. The van der Waals surface area contributed by atoms with E-state index in [0.29, 0.717) is 0 Å². The van der Waals surface area contributed by atoms with Gasteiger partial charge in [-0.15, -0.1) is 17.0 Å². The molecule has 1 unspecified atom stereocenters. The fourth-order valence-electron chi connectivity index (χ4n) is 3.03. The van der Waals surface area contributed by atoms with Crippen molar-refractivity contribution in [1.82, 2.24) is 5.32 Å². The van der Waals surface area contributed by atoms with Crippen molar-refractivity contribution < 1.29 is 13.5 Å². The molecule has 124 valence electrons. The average molecular weight is 398 g/mol. The second kappa shape index (κ2) is 7.03. The Morgan fingerprint density at radius 3 is 2.52 bits per heavy atom. The highest BCUT2D eigenvalue weighted by Gasteiger charge is 2.24. The number of phenols is 1. The van der Waals surface area contributed by atoms with E-state index in [1.807, 2.05) is 18.2 Å². The van der Waals surface area contributed by atoms with Crippen LogP contribution in [0.2, 0.25) is 0 Å². The first-order valence-electron chi connectivity index (χ1n) is 7.28. The molecule has 4 nitrogen and oxygen atoms in total. The molecule has 2 aromatic carbocycles. The molecule has 23 heavy (non-hydrogen) atoms. The summed E-state index contributed by atoms with van der Waals surface area (Å²) in [7, 11) is -3.45. The maximum Gasteiger partial charge on any atom is 0.179 e. The van der Waals surface area contributed by atoms with Crippen LogP contribution in [-0.2, 0) is 16.3 Å². The zero-order valence-electron chi connectivity index (χ0n) is 12.8. The topological polar surface area (TPSA) is 66.4 Å². The lowest BCUT2D eigenvalue weighted by molar-refractivity contribution is 0.457. The van der Waals surface area contributed by atoms with Crippen molar-refractivity contribution in [3.8, 4) is 5.75 Å². The molecule has 0 saturated carbocycles. The van der Waals surface area contributed by atoms with Crippen LogP contribution < -0.4 is 5.32 Å². The number of sulfone groups is 1. The molecule has 0 amide bonds. The van der Waals surface area contributed by atoms with Gasteiger partial charge in [0.15, 0.2) is 9.84 Å². The molecule has 1 atom stereocenters. The van der Waals surface area contributed by atoms with Crippen LogP contribution in [-0.4, -0.2) is 32.9 Å². The minimum atomic E-state index is -3.45. The minimum Gasteiger partial charge on any atom is -0.507 e. The first-order chi connectivity index (χ1) is 10.5. The molecule has 0 radical (unpaired) electrons. The van der Waals surface area contributed by atoms with Crippen LogP contribution in [0.25, 0.3) is 0 Å². The van der Waals surface area contributed by atoms with Crippen LogP contribution in [0.15, 0.2) is 47.4 Å². The molecule has 6 heteroatoms. The van der Waals surface area contributed by atoms with Gasteiger partial charge in [-0.2, -0.15) is 0 Å². The summed E-state index contributed by atoms with van der Waals surface area (Å²) in [6.45, 7) is 1.57. The van der Waals surface area contributed by atoms with Gasteiger partial charge in [0, 0.05) is 18.7 Å². The van der Waals surface area contributed by atoms with Gasteiger partial charge in [0.2, 0.25) is 0 Å². The summed E-state index contributed by atoms with van der Waals surface area (Å²) in [4.78, 5) is 0.00841. The van der Waals surface area contributed by atoms with Crippen molar-refractivity contribution in [2.75, 3.05) is 19.3 Å². The number of phenolic OH excluding ortho intramolecular Hbond substituents is 1. The van der Waals surface area contributed by atoms with E-state index in [1.54, 1.807) is 12.1 Å². The normalized spacial score (nSPS) is 17.7. The van der Waals surface area contributed by atoms with Crippen molar-refractivity contribution in [2.24, 2.45) is 0 Å². The van der Waals surface area contributed by atoms with Crippen molar-refractivity contribution in [2.45, 2.75) is 17.2 Å². The van der Waals surface area contributed by atoms with Crippen LogP contribution in [0.5, 0.6) is 5.75 Å². The van der Waals surface area contributed by atoms with E-state index < -0.39 is 9.84 Å². The Hall–Kier alpha value is -1.37. The Morgan fingerprint density at radius 2 is 1.87 bits per heavy atom. The van der Waals surface area contributed by atoms with Gasteiger partial charge in [-0.25, -0.2) is 8.42 Å². The Balaban J connectivity index is 0.00000192. The Bertz CT molecular complexity index is 791. The molecule has 2 N–H and O–H groups in total. The summed E-state index contributed by atoms with van der Waals surface area (Å²) in [5, 5.41) is 13.4. The third-order valence-corrected chi connectivity index (χ3v) is 5.24. The minimum absolute atomic E-state index is 0. The van der Waals surface area contributed by atoms with E-state index in [-0.39, 0.29) is 33.5 Å². The van der Waals surface area contributed by atoms with E-state index in [9.17, 15) is 13.5 Å². The predicted molar refractivity (Wildman–Crippen MR) is 96.4 cm³/mol. The molecule has 0 aromatic heterocycles. The molecule has 1 aliphatic heterocycles. The first kappa shape index (κ1) is 18.0. The Morgan fingerprint density at radius 1 is 1.17 bits per heavy atom. The fourth-order valence-corrected chi connectivity index (χ4v) is 3.81. The lowest BCUT2D eigenvalue weighted by atomic mass is 9.88. The predicted octanol–water partition coefficient (Wildman–Crippen LogP) is 2.65. The van der Waals surface area contributed by atoms with Crippen LogP contribution in [0.4, 0.5) is 0 Å². The van der Waals surface area contributed by atoms with Gasteiger partial charge in [0.1, 0.15) is 10.6 Å². The SMILES string of the molecule is Br.CS(=O)(=O)c1cc2c(cc1O)CCNCC2c1ccccc1. The standard InChI is InChI=1S/C17H19NO3S.BrH/c1-22(20,21)17-10-14-13(9-16(17)19)7-8-18-11-15(14)12-5-3-2-4-6-12;/h2-6,9-10,15,18-19H,7-8,11H2,1H3;1H. The highest BCUT2D eigenvalue weighted by Crippen LogP contribution is 2.35. The Labute approximate surface area is 147 Å². The summed E-state index contributed by atoms with van der Waals surface area (Å²) in [5.41, 5.74) is 3.13. The summed E-state index contributed by atoms with van der Waals surface area (Å²) in [5.74, 6) is -0.0743. The highest BCUT2D eigenvalue weighted by molar-refractivity contribution is 8.93. The van der Waals surface area contributed by atoms with E-state index >= 15 is 0 Å². The quantitative estimate of drug-likeness (QED) is 0.817. The molecule has 3 rings (SSSR count). The number of nitrogens with one attached hydrogen (secondary N) is 1. The van der Waals surface area contributed by atoms with Crippen LogP contribution in [0.3, 0.4) is 0 Å². The zero-order chi connectivity index (χ0) is 15.7. The summed E-state index contributed by atoms with van der Waals surface area (Å²) in [6.07, 6.45) is 1.90. The van der Waals surface area contributed by atoms with E-state index in [2.05, 4.69) is 17.4 Å². The largest absolute Gasteiger partial charge is 0.507 e. The summed E-state index contributed by atoms with van der Waals surface area (Å²) >= 11 is 0. The number of aromatic hydroxyl groups is 1. The van der Waals surface area contributed by atoms with Crippen LogP contribution >= 0.6 is 17.0 Å². The smallest absolute Gasteiger partial charge is 0.179 e. The van der Waals surface area contributed by atoms with Crippen molar-refractivity contribution >= 4 is 26.8 Å². The lowest BCUT2D eigenvalue weighted by Crippen LogP contribution is -2.20. The zero-order valence-corrected chi connectivity index (χ0v) is 15.3. The molecule has 0 bridgehead atoms. The molecule has 2 aromatic rings. The van der Waals surface area contributed by atoms with E-state index in [0.717, 1.165) is 42.5 Å². The van der Waals surface area contributed by atoms with E-state index in [4.69, 9.17) is 0 Å². The maximum atomic E-state index is 11.9. The third kappa shape index (κ3) is 3.76. The van der Waals surface area contributed by atoms with Gasteiger partial charge in [0.25, 0.3) is 0 Å². The molecule has 0 saturated heterocycles. The average Bonchev–Trinajstić information content (AvgIpc) is 2.68. The van der Waals surface area contributed by atoms with Gasteiger partial charge >= 0.3 is 0 Å². The van der Waals surface area contributed by atoms with Crippen molar-refractivity contribution in [3.63, 3.8) is 0 Å². The Kier molecular flexibility index (Phi) is 5.49. The summed E-state index contributed by atoms with van der Waals surface area (Å²) < 4.78 is 23.8. The number of hydrogen-bond acceptors (Lipinski definition) is 4. The maximum absolute atomic E-state index is 11.9. The molecular weight excluding hydrogens is 378 g/mol. The lowest BCUT2D eigenvalue weighted by Gasteiger charge is -2.19. The number of fused-ring (bicyclic) bond motifs is 1. The molecule has 0 fully saturated rings. The highest BCUT2D eigenvalue weighted by atomic mass is 79.9. The van der Waals surface area contributed by atoms with Gasteiger partial charge in [-0.3, -0.25) is 0 Å². The fraction of sp³-hybridized carbons (Fsp3) is 0.294. The van der Waals surface area contributed by atoms with Crippen molar-refractivity contribution in [3.05, 3.63) is 59.2 Å². The second-order valence-electron chi connectivity index (χ2n) is 5.71. The van der Waals surface area contributed by atoms with Crippen molar-refractivity contribution in [1.29, 1.82) is 0 Å². The van der Waals surface area contributed by atoms with E-state index in [1.165, 1.54) is 0 Å². The second-order valence-corrected chi connectivity index (χ2v) is 7.69. The van der Waals surface area contributed by atoms with Gasteiger partial charge in [0.05, 0.1) is 0 Å². The molecule has 0 spiro atoms. The molecule has 1 heterocycles. The van der Waals surface area contributed by atoms with Crippen LogP contribution in [0, 0.1) is 0 Å². The molecular formula is C17H20BrNO3S. The van der Waals surface area contributed by atoms with Crippen LogP contribution in [0.1, 0.15) is 22.6 Å².